The van der Waals surface area contributed by atoms with Gasteiger partial charge in [-0.2, -0.15) is 5.10 Å². The van der Waals surface area contributed by atoms with Crippen LogP contribution in [0.15, 0.2) is 62.5 Å². The molecular weight excluding hydrogens is 500 g/mol. The van der Waals surface area contributed by atoms with Crippen molar-refractivity contribution in [2.45, 2.75) is 33.1 Å². The van der Waals surface area contributed by atoms with Crippen molar-refractivity contribution >= 4 is 39.4 Å². The molecule has 0 unspecified atom stereocenters. The van der Waals surface area contributed by atoms with Crippen LogP contribution in [0.1, 0.15) is 66.6 Å². The number of halogens is 1. The highest BCUT2D eigenvalue weighted by Crippen LogP contribution is 2.30. The molecule has 1 aliphatic rings. The lowest BCUT2D eigenvalue weighted by Crippen LogP contribution is -2.41. The number of rotatable bonds is 4. The summed E-state index contributed by atoms with van der Waals surface area (Å²) in [6.07, 6.45) is 2.06. The second-order valence-corrected chi connectivity index (χ2v) is 8.82. The Morgan fingerprint density at radius 3 is 2.35 bits per heavy atom. The number of carbonyl (C=O) groups excluding carboxylic acids is 3. The van der Waals surface area contributed by atoms with Crippen LogP contribution in [0.25, 0.3) is 0 Å². The second kappa shape index (κ2) is 10.0. The predicted molar refractivity (Wildman–Crippen MR) is 131 cm³/mol. The minimum atomic E-state index is -0.566. The van der Waals surface area contributed by atoms with Gasteiger partial charge in [0.25, 0.3) is 11.8 Å². The lowest BCUT2D eigenvalue weighted by molar-refractivity contribution is 0.0829. The molecule has 1 aliphatic carbocycles. The first kappa shape index (κ1) is 23.4. The number of furan rings is 1. The number of hydrogen-bond acceptors (Lipinski definition) is 5. The van der Waals surface area contributed by atoms with Gasteiger partial charge in [-0.3, -0.25) is 25.2 Å². The molecule has 0 aliphatic heterocycles. The van der Waals surface area contributed by atoms with E-state index in [0.717, 1.165) is 12.0 Å². The van der Waals surface area contributed by atoms with E-state index in [4.69, 9.17) is 4.42 Å². The number of amides is 3. The fraction of sp³-hybridized carbons (Fsp3) is 0.200. The van der Waals surface area contributed by atoms with E-state index in [2.05, 4.69) is 37.3 Å². The maximum Gasteiger partial charge on any atom is 0.305 e. The van der Waals surface area contributed by atoms with E-state index >= 15 is 0 Å². The third kappa shape index (κ3) is 4.94. The molecule has 0 spiro atoms. The highest BCUT2D eigenvalue weighted by molar-refractivity contribution is 9.10. The highest BCUT2D eigenvalue weighted by atomic mass is 79.9. The molecule has 4 rings (SSSR count). The molecule has 3 aromatic rings. The van der Waals surface area contributed by atoms with Crippen molar-refractivity contribution in [3.05, 3.63) is 92.3 Å². The van der Waals surface area contributed by atoms with Crippen LogP contribution in [-0.2, 0) is 6.42 Å². The van der Waals surface area contributed by atoms with Gasteiger partial charge < -0.3 is 4.42 Å². The number of hydrogen-bond donors (Lipinski definition) is 3. The lowest BCUT2D eigenvalue weighted by atomic mass is 9.93. The van der Waals surface area contributed by atoms with Gasteiger partial charge in [0.1, 0.15) is 5.76 Å². The van der Waals surface area contributed by atoms with E-state index in [0.29, 0.717) is 51.0 Å². The van der Waals surface area contributed by atoms with E-state index < -0.39 is 11.8 Å². The molecule has 0 saturated carbocycles. The number of hydrazine groups is 1. The van der Waals surface area contributed by atoms with Crippen LogP contribution in [0.2, 0.25) is 0 Å². The van der Waals surface area contributed by atoms with Gasteiger partial charge in [0.2, 0.25) is 0 Å². The van der Waals surface area contributed by atoms with Gasteiger partial charge >= 0.3 is 5.91 Å². The van der Waals surface area contributed by atoms with Gasteiger partial charge in [0.05, 0.1) is 11.3 Å². The van der Waals surface area contributed by atoms with Gasteiger partial charge in [-0.15, -0.1) is 0 Å². The molecule has 34 heavy (non-hydrogen) atoms. The monoisotopic (exact) mass is 522 g/mol. The van der Waals surface area contributed by atoms with Crippen LogP contribution in [0.4, 0.5) is 0 Å². The molecule has 0 saturated heterocycles. The summed E-state index contributed by atoms with van der Waals surface area (Å²) in [5.41, 5.74) is 11.3. The largest absolute Gasteiger partial charge is 0.455 e. The summed E-state index contributed by atoms with van der Waals surface area (Å²) in [5, 5.41) is 4.33. The number of carbonyl (C=O) groups is 3. The van der Waals surface area contributed by atoms with Crippen LogP contribution in [-0.4, -0.2) is 23.4 Å². The van der Waals surface area contributed by atoms with Gasteiger partial charge in [0.15, 0.2) is 5.76 Å². The Morgan fingerprint density at radius 1 is 0.912 bits per heavy atom. The average Bonchev–Trinajstić information content (AvgIpc) is 3.18. The van der Waals surface area contributed by atoms with Crippen molar-refractivity contribution in [1.29, 1.82) is 0 Å². The van der Waals surface area contributed by atoms with Crippen LogP contribution >= 0.6 is 15.9 Å². The zero-order valence-electron chi connectivity index (χ0n) is 18.7. The molecule has 8 nitrogen and oxygen atoms in total. The standard InChI is InChI=1S/C25H23BrN4O4/c1-14-10-12-16(13-11-14)23(31)28-30-25(33)22-15(2)21-19(8-5-9-20(21)34-22)27-29-24(32)17-6-3-4-7-18(17)26/h3-4,6-7,10-13H,5,8-9H2,1-2H3,(H,28,31)(H,29,32)(H,30,33)/b27-19+. The van der Waals surface area contributed by atoms with Crippen molar-refractivity contribution in [1.82, 2.24) is 16.3 Å². The topological polar surface area (TPSA) is 113 Å². The SMILES string of the molecule is Cc1ccc(C(=O)NNC(=O)c2oc3c(c2C)/C(=N/NC(=O)c2ccccc2Br)CCC3)cc1. The number of nitrogens with zero attached hydrogens (tertiary/aromatic N) is 1. The minimum Gasteiger partial charge on any atom is -0.455 e. The number of nitrogens with one attached hydrogen (secondary N) is 3. The average molecular weight is 523 g/mol. The van der Waals surface area contributed by atoms with Crippen molar-refractivity contribution in [3.8, 4) is 0 Å². The minimum absolute atomic E-state index is 0.0981. The Kier molecular flexibility index (Phi) is 6.93. The zero-order valence-corrected chi connectivity index (χ0v) is 20.3. The number of aryl methyl sites for hydroxylation is 2. The molecule has 0 radical (unpaired) electrons. The van der Waals surface area contributed by atoms with Crippen LogP contribution in [0.3, 0.4) is 0 Å². The lowest BCUT2D eigenvalue weighted by Gasteiger charge is -2.13. The van der Waals surface area contributed by atoms with Gasteiger partial charge in [-0.25, -0.2) is 5.43 Å². The Balaban J connectivity index is 1.48. The Labute approximate surface area is 204 Å². The second-order valence-electron chi connectivity index (χ2n) is 7.96. The van der Waals surface area contributed by atoms with Crippen LogP contribution < -0.4 is 16.3 Å². The van der Waals surface area contributed by atoms with E-state index in [1.54, 1.807) is 37.3 Å². The molecule has 9 heteroatoms. The van der Waals surface area contributed by atoms with Crippen molar-refractivity contribution < 1.29 is 18.8 Å². The molecule has 1 aromatic heterocycles. The maximum absolute atomic E-state index is 12.7. The van der Waals surface area contributed by atoms with E-state index in [1.807, 2.05) is 25.1 Å². The van der Waals surface area contributed by atoms with Crippen molar-refractivity contribution in [2.75, 3.05) is 0 Å². The zero-order chi connectivity index (χ0) is 24.2. The summed E-state index contributed by atoms with van der Waals surface area (Å²) < 4.78 is 6.50. The van der Waals surface area contributed by atoms with Crippen LogP contribution in [0.5, 0.6) is 0 Å². The predicted octanol–water partition coefficient (Wildman–Crippen LogP) is 4.20. The van der Waals surface area contributed by atoms with E-state index in [9.17, 15) is 14.4 Å². The molecule has 0 bridgehead atoms. The van der Waals surface area contributed by atoms with Crippen molar-refractivity contribution in [2.24, 2.45) is 5.10 Å². The van der Waals surface area contributed by atoms with E-state index in [-0.39, 0.29) is 11.7 Å². The quantitative estimate of drug-likeness (QED) is 0.445. The summed E-state index contributed by atoms with van der Waals surface area (Å²) >= 11 is 3.36. The Morgan fingerprint density at radius 2 is 1.62 bits per heavy atom. The third-order valence-corrected chi connectivity index (χ3v) is 6.24. The number of benzene rings is 2. The normalized spacial score (nSPS) is 13.8. The van der Waals surface area contributed by atoms with Gasteiger partial charge in [-0.05, 0) is 66.9 Å². The summed E-state index contributed by atoms with van der Waals surface area (Å²) in [6, 6.07) is 14.1. The van der Waals surface area contributed by atoms with E-state index in [1.165, 1.54) is 0 Å². The molecule has 0 fully saturated rings. The van der Waals surface area contributed by atoms with Crippen molar-refractivity contribution in [3.63, 3.8) is 0 Å². The molecule has 3 amide bonds. The molecule has 2 aromatic carbocycles. The first-order valence-electron chi connectivity index (χ1n) is 10.8. The summed E-state index contributed by atoms with van der Waals surface area (Å²) in [7, 11) is 0. The molecule has 0 atom stereocenters. The first-order chi connectivity index (χ1) is 16.3. The number of fused-ring (bicyclic) bond motifs is 1. The summed E-state index contributed by atoms with van der Waals surface area (Å²) in [5.74, 6) is -0.609. The fourth-order valence-corrected chi connectivity index (χ4v) is 4.23. The summed E-state index contributed by atoms with van der Waals surface area (Å²) in [6.45, 7) is 3.68. The van der Waals surface area contributed by atoms with Gasteiger partial charge in [0, 0.05) is 27.6 Å². The van der Waals surface area contributed by atoms with Gasteiger partial charge in [-0.1, -0.05) is 29.8 Å². The molecule has 3 N–H and O–H groups in total. The highest BCUT2D eigenvalue weighted by Gasteiger charge is 2.28. The Bertz CT molecular complexity index is 1290. The number of hydrazone groups is 1. The van der Waals surface area contributed by atoms with Crippen LogP contribution in [0, 0.1) is 13.8 Å². The first-order valence-corrected chi connectivity index (χ1v) is 11.6. The fourth-order valence-electron chi connectivity index (χ4n) is 3.77. The molecular formula is C25H23BrN4O4. The smallest absolute Gasteiger partial charge is 0.305 e. The Hall–Kier alpha value is -3.72. The summed E-state index contributed by atoms with van der Waals surface area (Å²) in [4.78, 5) is 37.6. The third-order valence-electron chi connectivity index (χ3n) is 5.55. The maximum atomic E-state index is 12.7. The molecule has 1 heterocycles. The molecule has 174 valence electrons.